The first kappa shape index (κ1) is 33.8. The van der Waals surface area contributed by atoms with Crippen LogP contribution in [0.1, 0.15) is 162 Å². The summed E-state index contributed by atoms with van der Waals surface area (Å²) in [4.78, 5) is 0. The Morgan fingerprint density at radius 1 is 0.528 bits per heavy atom. The minimum absolute atomic E-state index is 0.132. The summed E-state index contributed by atoms with van der Waals surface area (Å²) in [7, 11) is -9.11. The second-order valence-corrected chi connectivity index (χ2v) is 14.7. The van der Waals surface area contributed by atoms with Crippen LogP contribution in [0.4, 0.5) is 0 Å². The topological polar surface area (TPSA) is 109 Å². The molecule has 6 nitrogen and oxygen atoms in total. The van der Waals surface area contributed by atoms with E-state index >= 15 is 0 Å². The molecule has 0 bridgehead atoms. The third kappa shape index (κ3) is 12.6. The summed E-state index contributed by atoms with van der Waals surface area (Å²) in [6.45, 7) is 4.44. The van der Waals surface area contributed by atoms with Gasteiger partial charge in [0.1, 0.15) is 4.75 Å². The molecule has 0 radical (unpaired) electrons. The molecule has 2 N–H and O–H groups in total. The van der Waals surface area contributed by atoms with Crippen LogP contribution in [-0.2, 0) is 20.2 Å². The summed E-state index contributed by atoms with van der Waals surface area (Å²) >= 11 is 0. The van der Waals surface area contributed by atoms with Crippen molar-refractivity contribution in [2.24, 2.45) is 5.41 Å². The van der Waals surface area contributed by atoms with E-state index in [0.29, 0.717) is 12.8 Å². The zero-order valence-corrected chi connectivity index (χ0v) is 24.9. The maximum absolute atomic E-state index is 12.4. The van der Waals surface area contributed by atoms with Gasteiger partial charge in [0.15, 0.2) is 0 Å². The summed E-state index contributed by atoms with van der Waals surface area (Å²) in [5.74, 6) is -0.894. The van der Waals surface area contributed by atoms with E-state index in [9.17, 15) is 25.9 Å². The van der Waals surface area contributed by atoms with Crippen molar-refractivity contribution in [3.63, 3.8) is 0 Å². The smallest absolute Gasteiger partial charge is 0.272 e. The summed E-state index contributed by atoms with van der Waals surface area (Å²) in [6, 6.07) is 0. The molecule has 1 rings (SSSR count). The minimum atomic E-state index is -4.60. The molecule has 8 heteroatoms. The van der Waals surface area contributed by atoms with Crippen molar-refractivity contribution in [3.05, 3.63) is 0 Å². The van der Waals surface area contributed by atoms with Crippen molar-refractivity contribution in [2.75, 3.05) is 5.75 Å². The molecule has 1 saturated carbocycles. The highest BCUT2D eigenvalue weighted by Gasteiger charge is 2.74. The van der Waals surface area contributed by atoms with E-state index in [-0.39, 0.29) is 6.42 Å². The molecule has 1 aliphatic carbocycles. The predicted octanol–water partition coefficient (Wildman–Crippen LogP) is 8.51. The Balaban J connectivity index is 2.51. The largest absolute Gasteiger partial charge is 0.285 e. The highest BCUT2D eigenvalue weighted by molar-refractivity contribution is 7.91. The third-order valence-electron chi connectivity index (χ3n) is 8.39. The summed E-state index contributed by atoms with van der Waals surface area (Å²) in [6.07, 6.45) is 24.8. The van der Waals surface area contributed by atoms with Crippen LogP contribution in [-0.4, -0.2) is 36.4 Å². The van der Waals surface area contributed by atoms with Gasteiger partial charge in [0.2, 0.25) is 0 Å². The molecule has 0 aromatic carbocycles. The average Bonchev–Trinajstić information content (AvgIpc) is 3.42. The molecule has 1 aliphatic rings. The summed E-state index contributed by atoms with van der Waals surface area (Å²) < 4.78 is 65.8. The van der Waals surface area contributed by atoms with E-state index in [4.69, 9.17) is 0 Å². The SMILES string of the molecule is CCCCCCCCCCCCC1(CCCCCCCCCCCC)CC1(CS(=O)(=O)O)S(=O)(=O)O. The Bertz CT molecular complexity index is 754. The maximum Gasteiger partial charge on any atom is 0.272 e. The zero-order valence-electron chi connectivity index (χ0n) is 23.3. The zero-order chi connectivity index (χ0) is 27.0. The molecular formula is C28H56O6S2. The van der Waals surface area contributed by atoms with Crippen LogP contribution in [0, 0.1) is 5.41 Å². The average molecular weight is 553 g/mol. The van der Waals surface area contributed by atoms with Gasteiger partial charge < -0.3 is 0 Å². The van der Waals surface area contributed by atoms with Crippen molar-refractivity contribution in [2.45, 2.75) is 166 Å². The normalized spacial score (nSPS) is 19.6. The number of hydrogen-bond donors (Lipinski definition) is 2. The van der Waals surface area contributed by atoms with Crippen LogP contribution in [0.2, 0.25) is 0 Å². The predicted molar refractivity (Wildman–Crippen MR) is 151 cm³/mol. The third-order valence-corrected chi connectivity index (χ3v) is 11.1. The Kier molecular flexibility index (Phi) is 16.4. The maximum atomic E-state index is 12.4. The Labute approximate surface area is 223 Å². The van der Waals surface area contributed by atoms with Gasteiger partial charge in [-0.1, -0.05) is 142 Å². The van der Waals surface area contributed by atoms with Crippen LogP contribution in [0.5, 0.6) is 0 Å². The first-order valence-corrected chi connectivity index (χ1v) is 18.0. The summed E-state index contributed by atoms with van der Waals surface area (Å²) in [5, 5.41) is 0. The Morgan fingerprint density at radius 2 is 0.833 bits per heavy atom. The molecule has 0 heterocycles. The van der Waals surface area contributed by atoms with Crippen LogP contribution >= 0.6 is 0 Å². The van der Waals surface area contributed by atoms with Gasteiger partial charge in [0.25, 0.3) is 20.2 Å². The fourth-order valence-corrected chi connectivity index (χ4v) is 9.35. The molecule has 0 saturated heterocycles. The van der Waals surface area contributed by atoms with Gasteiger partial charge in [-0.05, 0) is 24.7 Å². The number of rotatable bonds is 25. The second kappa shape index (κ2) is 17.4. The molecule has 1 fully saturated rings. The monoisotopic (exact) mass is 552 g/mol. The highest BCUT2D eigenvalue weighted by Crippen LogP contribution is 2.67. The van der Waals surface area contributed by atoms with Crippen molar-refractivity contribution >= 4 is 20.2 Å². The van der Waals surface area contributed by atoms with Crippen molar-refractivity contribution in [1.82, 2.24) is 0 Å². The van der Waals surface area contributed by atoms with Gasteiger partial charge in [-0.2, -0.15) is 16.8 Å². The van der Waals surface area contributed by atoms with Crippen molar-refractivity contribution in [1.29, 1.82) is 0 Å². The summed E-state index contributed by atoms with van der Waals surface area (Å²) in [5.41, 5.74) is -0.739. The molecule has 216 valence electrons. The molecule has 1 atom stereocenters. The molecule has 36 heavy (non-hydrogen) atoms. The fourth-order valence-electron chi connectivity index (χ4n) is 6.10. The van der Waals surface area contributed by atoms with Crippen LogP contribution in [0.15, 0.2) is 0 Å². The van der Waals surface area contributed by atoms with Crippen LogP contribution in [0.3, 0.4) is 0 Å². The van der Waals surface area contributed by atoms with E-state index in [1.54, 1.807) is 0 Å². The van der Waals surface area contributed by atoms with E-state index in [0.717, 1.165) is 38.5 Å². The quantitative estimate of drug-likeness (QED) is 0.0868. The number of unbranched alkanes of at least 4 members (excludes halogenated alkanes) is 18. The standard InChI is InChI=1S/C28H56O6S2/c1-3-5-7-9-11-13-15-17-19-21-23-27(24-22-20-18-16-14-12-10-8-6-4-2)25-28(27,36(32,33)34)26-35(29,30)31/h3-26H2,1-2H3,(H,29,30,31)(H,32,33,34). The van der Waals surface area contributed by atoms with Crippen LogP contribution in [0.25, 0.3) is 0 Å². The fraction of sp³-hybridized carbons (Fsp3) is 1.00. The molecular weight excluding hydrogens is 496 g/mol. The van der Waals surface area contributed by atoms with Gasteiger partial charge in [-0.3, -0.25) is 9.11 Å². The molecule has 1 unspecified atom stereocenters. The number of hydrogen-bond acceptors (Lipinski definition) is 4. The molecule has 0 spiro atoms. The lowest BCUT2D eigenvalue weighted by Crippen LogP contribution is -2.37. The minimum Gasteiger partial charge on any atom is -0.285 e. The second-order valence-electron chi connectivity index (χ2n) is 11.5. The van der Waals surface area contributed by atoms with E-state index < -0.39 is 36.2 Å². The van der Waals surface area contributed by atoms with E-state index in [1.807, 2.05) is 0 Å². The lowest BCUT2D eigenvalue weighted by molar-refractivity contribution is 0.347. The lowest BCUT2D eigenvalue weighted by Gasteiger charge is -2.23. The highest BCUT2D eigenvalue weighted by atomic mass is 32.2. The Hall–Kier alpha value is -0.180. The van der Waals surface area contributed by atoms with E-state index in [2.05, 4.69) is 13.8 Å². The molecule has 0 aliphatic heterocycles. The molecule has 0 aromatic rings. The molecule has 0 aromatic heterocycles. The van der Waals surface area contributed by atoms with Gasteiger partial charge >= 0.3 is 0 Å². The molecule has 0 amide bonds. The first-order valence-electron chi connectivity index (χ1n) is 15.0. The van der Waals surface area contributed by atoms with Gasteiger partial charge in [0.05, 0.1) is 5.75 Å². The van der Waals surface area contributed by atoms with Crippen molar-refractivity contribution in [3.8, 4) is 0 Å². The van der Waals surface area contributed by atoms with Gasteiger partial charge in [0, 0.05) is 0 Å². The first-order chi connectivity index (χ1) is 17.0. The van der Waals surface area contributed by atoms with Gasteiger partial charge in [-0.25, -0.2) is 0 Å². The van der Waals surface area contributed by atoms with E-state index in [1.165, 1.54) is 89.9 Å². The lowest BCUT2D eigenvalue weighted by atomic mass is 9.89. The van der Waals surface area contributed by atoms with Crippen molar-refractivity contribution < 1.29 is 25.9 Å². The Morgan fingerprint density at radius 3 is 1.11 bits per heavy atom. The van der Waals surface area contributed by atoms with Crippen LogP contribution < -0.4 is 0 Å². The van der Waals surface area contributed by atoms with Gasteiger partial charge in [-0.15, -0.1) is 0 Å².